The molecule has 0 amide bonds. The van der Waals surface area contributed by atoms with E-state index in [9.17, 15) is 20.2 Å². The maximum atomic E-state index is 11.4. The van der Waals surface area contributed by atoms with Crippen LogP contribution >= 0.6 is 15.9 Å². The van der Waals surface area contributed by atoms with Gasteiger partial charge in [-0.15, -0.1) is 0 Å². The molecule has 3 aromatic rings. The highest BCUT2D eigenvalue weighted by molar-refractivity contribution is 9.10. The van der Waals surface area contributed by atoms with E-state index in [1.54, 1.807) is 12.1 Å². The summed E-state index contributed by atoms with van der Waals surface area (Å²) in [5.41, 5.74) is 2.11. The summed E-state index contributed by atoms with van der Waals surface area (Å²) < 4.78 is 12.4. The number of halogens is 1. The molecule has 0 bridgehead atoms. The van der Waals surface area contributed by atoms with Crippen LogP contribution in [0.5, 0.6) is 17.2 Å². The maximum Gasteiger partial charge on any atom is 0.318 e. The molecule has 9 nitrogen and oxygen atoms in total. The van der Waals surface area contributed by atoms with Crippen molar-refractivity contribution in [3.63, 3.8) is 0 Å². The minimum absolute atomic E-state index is 0.113. The van der Waals surface area contributed by atoms with E-state index < -0.39 is 21.2 Å². The number of aryl methyl sites for hydroxylation is 1. The number of ether oxygens (including phenoxy) is 2. The number of nitro benzene ring substituents is 2. The van der Waals surface area contributed by atoms with E-state index in [1.807, 2.05) is 38.1 Å². The Kier molecular flexibility index (Phi) is 7.26. The molecule has 32 heavy (non-hydrogen) atoms. The molecular weight excluding hydrogens is 482 g/mol. The molecule has 0 aliphatic rings. The first-order valence-corrected chi connectivity index (χ1v) is 10.4. The second-order valence-electron chi connectivity index (χ2n) is 6.80. The van der Waals surface area contributed by atoms with Gasteiger partial charge in [-0.1, -0.05) is 22.0 Å². The Labute approximate surface area is 192 Å². The second-order valence-corrected chi connectivity index (χ2v) is 7.71. The van der Waals surface area contributed by atoms with Gasteiger partial charge in [0.05, 0.1) is 22.5 Å². The molecule has 166 valence electrons. The molecule has 3 rings (SSSR count). The van der Waals surface area contributed by atoms with Crippen molar-refractivity contribution in [1.82, 2.24) is 0 Å². The minimum Gasteiger partial charge on any atom is -0.490 e. The molecule has 0 aliphatic heterocycles. The van der Waals surface area contributed by atoms with E-state index >= 15 is 0 Å². The van der Waals surface area contributed by atoms with Gasteiger partial charge in [0.2, 0.25) is 5.75 Å². The molecule has 0 unspecified atom stereocenters. The molecule has 0 atom stereocenters. The summed E-state index contributed by atoms with van der Waals surface area (Å²) in [5, 5.41) is 25.7. The Morgan fingerprint density at radius 1 is 0.938 bits per heavy atom. The van der Waals surface area contributed by atoms with E-state index in [2.05, 4.69) is 21.2 Å². The van der Waals surface area contributed by atoms with Crippen molar-refractivity contribution in [3.8, 4) is 17.2 Å². The van der Waals surface area contributed by atoms with Crippen molar-refractivity contribution in [2.45, 2.75) is 20.4 Å². The van der Waals surface area contributed by atoms with Crippen LogP contribution in [0.2, 0.25) is 0 Å². The van der Waals surface area contributed by atoms with E-state index in [4.69, 9.17) is 9.47 Å². The summed E-state index contributed by atoms with van der Waals surface area (Å²) in [6, 6.07) is 14.4. The second kappa shape index (κ2) is 10.1. The smallest absolute Gasteiger partial charge is 0.318 e. The summed E-state index contributed by atoms with van der Waals surface area (Å²) in [6.45, 7) is 4.71. The SMILES string of the molecule is CCOc1cc(CNc2ccc(Br)cc2C)ccc1Oc1ccc([N+](=O)[O-])cc1[N+](=O)[O-]. The van der Waals surface area contributed by atoms with Crippen LogP contribution in [0, 0.1) is 27.2 Å². The summed E-state index contributed by atoms with van der Waals surface area (Å²) in [5.74, 6) is 0.567. The number of nitrogens with zero attached hydrogens (tertiary/aromatic N) is 2. The van der Waals surface area contributed by atoms with Gasteiger partial charge in [0.25, 0.3) is 5.69 Å². The average molecular weight is 502 g/mol. The number of anilines is 1. The average Bonchev–Trinajstić information content (AvgIpc) is 2.75. The highest BCUT2D eigenvalue weighted by Crippen LogP contribution is 2.38. The third kappa shape index (κ3) is 5.52. The van der Waals surface area contributed by atoms with Gasteiger partial charge < -0.3 is 14.8 Å². The molecule has 0 heterocycles. The van der Waals surface area contributed by atoms with Crippen molar-refractivity contribution >= 4 is 33.0 Å². The zero-order chi connectivity index (χ0) is 23.3. The molecule has 3 aromatic carbocycles. The molecule has 10 heteroatoms. The Balaban J connectivity index is 1.85. The van der Waals surface area contributed by atoms with Crippen LogP contribution in [0.25, 0.3) is 0 Å². The third-order valence-corrected chi connectivity index (χ3v) is 5.04. The van der Waals surface area contributed by atoms with E-state index in [0.29, 0.717) is 18.9 Å². The summed E-state index contributed by atoms with van der Waals surface area (Å²) in [6.07, 6.45) is 0. The molecule has 1 N–H and O–H groups in total. The normalized spacial score (nSPS) is 10.5. The van der Waals surface area contributed by atoms with Crippen molar-refractivity contribution in [1.29, 1.82) is 0 Å². The van der Waals surface area contributed by atoms with Crippen LogP contribution in [0.3, 0.4) is 0 Å². The fourth-order valence-electron chi connectivity index (χ4n) is 3.00. The lowest BCUT2D eigenvalue weighted by Gasteiger charge is -2.14. The van der Waals surface area contributed by atoms with E-state index in [-0.39, 0.29) is 11.5 Å². The van der Waals surface area contributed by atoms with Crippen LogP contribution < -0.4 is 14.8 Å². The van der Waals surface area contributed by atoms with Crippen LogP contribution in [0.15, 0.2) is 59.1 Å². The topological polar surface area (TPSA) is 117 Å². The number of rotatable bonds is 9. The van der Waals surface area contributed by atoms with Gasteiger partial charge in [0, 0.05) is 22.8 Å². The van der Waals surface area contributed by atoms with Crippen molar-refractivity contribution < 1.29 is 19.3 Å². The van der Waals surface area contributed by atoms with Crippen LogP contribution in [0.4, 0.5) is 17.1 Å². The molecule has 0 radical (unpaired) electrons. The Morgan fingerprint density at radius 2 is 1.69 bits per heavy atom. The Morgan fingerprint density at radius 3 is 2.34 bits per heavy atom. The van der Waals surface area contributed by atoms with E-state index in [1.165, 1.54) is 6.07 Å². The zero-order valence-corrected chi connectivity index (χ0v) is 18.9. The predicted molar refractivity (Wildman–Crippen MR) is 124 cm³/mol. The largest absolute Gasteiger partial charge is 0.490 e. The Hall–Kier alpha value is -3.66. The quantitative estimate of drug-likeness (QED) is 0.267. The number of benzene rings is 3. The molecule has 0 aromatic heterocycles. The molecule has 0 aliphatic carbocycles. The van der Waals surface area contributed by atoms with Gasteiger partial charge in [-0.25, -0.2) is 0 Å². The molecule has 0 saturated carbocycles. The molecule has 0 saturated heterocycles. The first-order chi connectivity index (χ1) is 15.3. The lowest BCUT2D eigenvalue weighted by Crippen LogP contribution is -2.03. The summed E-state index contributed by atoms with van der Waals surface area (Å²) in [7, 11) is 0. The van der Waals surface area contributed by atoms with Gasteiger partial charge in [0.15, 0.2) is 11.5 Å². The van der Waals surface area contributed by atoms with E-state index in [0.717, 1.165) is 33.4 Å². The summed E-state index contributed by atoms with van der Waals surface area (Å²) >= 11 is 3.45. The lowest BCUT2D eigenvalue weighted by molar-refractivity contribution is -0.394. The van der Waals surface area contributed by atoms with Crippen LogP contribution in [-0.4, -0.2) is 16.5 Å². The first-order valence-electron chi connectivity index (χ1n) is 9.65. The molecule has 0 spiro atoms. The minimum atomic E-state index is -0.721. The highest BCUT2D eigenvalue weighted by Gasteiger charge is 2.22. The predicted octanol–water partition coefficient (Wildman–Crippen LogP) is 6.38. The number of nitro groups is 2. The van der Waals surface area contributed by atoms with Crippen molar-refractivity contribution in [2.75, 3.05) is 11.9 Å². The Bertz CT molecular complexity index is 1170. The number of hydrogen-bond donors (Lipinski definition) is 1. The van der Waals surface area contributed by atoms with Gasteiger partial charge in [-0.3, -0.25) is 20.2 Å². The molecular formula is C22H20BrN3O6. The number of non-ortho nitro benzene ring substituents is 1. The van der Waals surface area contributed by atoms with Crippen LogP contribution in [-0.2, 0) is 6.54 Å². The fourth-order valence-corrected chi connectivity index (χ4v) is 3.48. The zero-order valence-electron chi connectivity index (χ0n) is 17.3. The van der Waals surface area contributed by atoms with Crippen molar-refractivity contribution in [3.05, 3.63) is 90.4 Å². The number of nitrogens with one attached hydrogen (secondary N) is 1. The fraction of sp³-hybridized carbons (Fsp3) is 0.182. The highest BCUT2D eigenvalue weighted by atomic mass is 79.9. The molecule has 0 fully saturated rings. The third-order valence-electron chi connectivity index (χ3n) is 4.55. The van der Waals surface area contributed by atoms with Crippen molar-refractivity contribution in [2.24, 2.45) is 0 Å². The standard InChI is InChI=1S/C22H20BrN3O6/c1-3-31-22-11-15(13-24-18-7-5-16(23)10-14(18)2)4-8-21(22)32-20-9-6-17(25(27)28)12-19(20)26(29)30/h4-12,24H,3,13H2,1-2H3. The van der Waals surface area contributed by atoms with Gasteiger partial charge in [-0.05, 0) is 61.4 Å². The van der Waals surface area contributed by atoms with Gasteiger partial charge >= 0.3 is 5.69 Å². The summed E-state index contributed by atoms with van der Waals surface area (Å²) in [4.78, 5) is 20.9. The number of hydrogen-bond acceptors (Lipinski definition) is 7. The monoisotopic (exact) mass is 501 g/mol. The lowest BCUT2D eigenvalue weighted by atomic mass is 10.1. The van der Waals surface area contributed by atoms with Crippen LogP contribution in [0.1, 0.15) is 18.1 Å². The maximum absolute atomic E-state index is 11.4. The van der Waals surface area contributed by atoms with Gasteiger partial charge in [-0.2, -0.15) is 0 Å². The first kappa shape index (κ1) is 23.0. The van der Waals surface area contributed by atoms with Gasteiger partial charge in [0.1, 0.15) is 0 Å².